The third-order valence-corrected chi connectivity index (χ3v) is 3.27. The van der Waals surface area contributed by atoms with Crippen molar-refractivity contribution in [2.45, 2.75) is 19.5 Å². The van der Waals surface area contributed by atoms with Crippen molar-refractivity contribution in [1.82, 2.24) is 4.90 Å². The lowest BCUT2D eigenvalue weighted by atomic mass is 10.2. The molecular formula is C17H15F5N2O3. The molecule has 0 bridgehead atoms. The van der Waals surface area contributed by atoms with E-state index in [1.807, 2.05) is 0 Å². The van der Waals surface area contributed by atoms with Crippen LogP contribution in [0.15, 0.2) is 48.5 Å². The third kappa shape index (κ3) is 6.65. The fraction of sp³-hybridized carbons (Fsp3) is 0.235. The van der Waals surface area contributed by atoms with E-state index >= 15 is 0 Å². The Morgan fingerprint density at radius 1 is 1.11 bits per heavy atom. The number of carbonyl (C=O) groups is 1. The number of halogens is 5. The van der Waals surface area contributed by atoms with E-state index in [1.165, 1.54) is 54.4 Å². The lowest BCUT2D eigenvalue weighted by Gasteiger charge is -2.20. The van der Waals surface area contributed by atoms with Gasteiger partial charge < -0.3 is 19.7 Å². The Bertz CT molecular complexity index is 766. The first-order valence-corrected chi connectivity index (χ1v) is 7.54. The van der Waals surface area contributed by atoms with Crippen molar-refractivity contribution in [3.8, 4) is 11.5 Å². The number of carbonyl (C=O) groups excluding carboxylic acids is 1. The molecule has 146 valence electrons. The second kappa shape index (κ2) is 8.56. The van der Waals surface area contributed by atoms with Crippen molar-refractivity contribution < 1.29 is 36.2 Å². The maximum atomic E-state index is 12.4. The number of benzene rings is 2. The molecule has 0 aromatic heterocycles. The lowest BCUT2D eigenvalue weighted by Crippen LogP contribution is -2.31. The molecule has 0 fully saturated rings. The van der Waals surface area contributed by atoms with E-state index in [4.69, 9.17) is 0 Å². The second-order valence-electron chi connectivity index (χ2n) is 5.35. The molecule has 0 radical (unpaired) electrons. The Kier molecular flexibility index (Phi) is 6.43. The number of nitrogens with zero attached hydrogens (tertiary/aromatic N) is 1. The Morgan fingerprint density at radius 3 is 2.33 bits per heavy atom. The average Bonchev–Trinajstić information content (AvgIpc) is 2.56. The van der Waals surface area contributed by atoms with E-state index in [0.29, 0.717) is 5.56 Å². The van der Waals surface area contributed by atoms with E-state index in [-0.39, 0.29) is 18.0 Å². The van der Waals surface area contributed by atoms with Gasteiger partial charge in [-0.25, -0.2) is 4.79 Å². The molecule has 0 aliphatic carbocycles. The number of amides is 2. The highest BCUT2D eigenvalue weighted by atomic mass is 19.4. The van der Waals surface area contributed by atoms with Crippen molar-refractivity contribution in [3.63, 3.8) is 0 Å². The van der Waals surface area contributed by atoms with E-state index in [0.717, 1.165) is 6.07 Å². The van der Waals surface area contributed by atoms with Gasteiger partial charge in [0.05, 0.1) is 5.69 Å². The molecule has 2 rings (SSSR count). The predicted molar refractivity (Wildman–Crippen MR) is 86.7 cm³/mol. The molecule has 0 spiro atoms. The van der Waals surface area contributed by atoms with Crippen LogP contribution < -0.4 is 14.8 Å². The van der Waals surface area contributed by atoms with Gasteiger partial charge in [0, 0.05) is 13.6 Å². The summed E-state index contributed by atoms with van der Waals surface area (Å²) in [6, 6.07) is 10.1. The smallest absolute Gasteiger partial charge is 0.435 e. The van der Waals surface area contributed by atoms with E-state index in [2.05, 4.69) is 14.8 Å². The summed E-state index contributed by atoms with van der Waals surface area (Å²) in [5, 5.41) is 2.33. The minimum Gasteiger partial charge on any atom is -0.435 e. The van der Waals surface area contributed by atoms with Crippen LogP contribution in [0, 0.1) is 0 Å². The molecular weight excluding hydrogens is 375 g/mol. The maximum absolute atomic E-state index is 12.4. The lowest BCUT2D eigenvalue weighted by molar-refractivity contribution is -0.274. The summed E-state index contributed by atoms with van der Waals surface area (Å²) in [4.78, 5) is 13.4. The van der Waals surface area contributed by atoms with Gasteiger partial charge in [-0.1, -0.05) is 24.3 Å². The Balaban J connectivity index is 2.00. The van der Waals surface area contributed by atoms with Crippen molar-refractivity contribution in [1.29, 1.82) is 0 Å². The van der Waals surface area contributed by atoms with Crippen LogP contribution in [0.4, 0.5) is 32.4 Å². The van der Waals surface area contributed by atoms with Gasteiger partial charge in [-0.05, 0) is 29.8 Å². The monoisotopic (exact) mass is 390 g/mol. The molecule has 0 unspecified atom stereocenters. The third-order valence-electron chi connectivity index (χ3n) is 3.27. The Labute approximate surface area is 151 Å². The number of hydrogen-bond donors (Lipinski definition) is 1. The number of anilines is 1. The molecule has 27 heavy (non-hydrogen) atoms. The first-order valence-electron chi connectivity index (χ1n) is 7.54. The number of nitrogens with one attached hydrogen (secondary N) is 1. The highest BCUT2D eigenvalue weighted by Crippen LogP contribution is 2.30. The average molecular weight is 390 g/mol. The highest BCUT2D eigenvalue weighted by Gasteiger charge is 2.32. The minimum absolute atomic E-state index is 0.0286. The van der Waals surface area contributed by atoms with Crippen LogP contribution in [0.1, 0.15) is 5.56 Å². The fourth-order valence-corrected chi connectivity index (χ4v) is 2.12. The minimum atomic E-state index is -4.89. The van der Waals surface area contributed by atoms with Gasteiger partial charge in [-0.2, -0.15) is 8.78 Å². The molecule has 1 N–H and O–H groups in total. The van der Waals surface area contributed by atoms with Crippen molar-refractivity contribution in [2.75, 3.05) is 12.4 Å². The predicted octanol–water partition coefficient (Wildman–Crippen LogP) is 4.85. The van der Waals surface area contributed by atoms with Crippen LogP contribution >= 0.6 is 0 Å². The molecule has 2 aromatic carbocycles. The van der Waals surface area contributed by atoms with Crippen LogP contribution in [0.25, 0.3) is 0 Å². The summed E-state index contributed by atoms with van der Waals surface area (Å²) in [6.45, 7) is -2.86. The molecule has 10 heteroatoms. The highest BCUT2D eigenvalue weighted by molar-refractivity contribution is 5.90. The van der Waals surface area contributed by atoms with Crippen LogP contribution in [-0.2, 0) is 6.54 Å². The van der Waals surface area contributed by atoms with Gasteiger partial charge in [0.1, 0.15) is 5.75 Å². The zero-order valence-electron chi connectivity index (χ0n) is 14.0. The number of alkyl halides is 5. The summed E-state index contributed by atoms with van der Waals surface area (Å²) in [6.07, 6.45) is -4.89. The molecule has 2 aromatic rings. The number of hydrogen-bond acceptors (Lipinski definition) is 3. The van der Waals surface area contributed by atoms with E-state index < -0.39 is 24.8 Å². The number of rotatable bonds is 6. The molecule has 0 aliphatic heterocycles. The molecule has 0 atom stereocenters. The first kappa shape index (κ1) is 20.3. The molecule has 0 aliphatic rings. The number of ether oxygens (including phenoxy) is 2. The SMILES string of the molecule is CN(Cc1ccc(OC(F)F)cc1)C(=O)Nc1ccccc1OC(F)(F)F. The molecule has 0 saturated heterocycles. The van der Waals surface area contributed by atoms with E-state index in [9.17, 15) is 26.7 Å². The van der Waals surface area contributed by atoms with Crippen molar-refractivity contribution in [3.05, 3.63) is 54.1 Å². The van der Waals surface area contributed by atoms with Crippen LogP contribution in [-0.4, -0.2) is 31.0 Å². The van der Waals surface area contributed by atoms with Gasteiger partial charge in [-0.15, -0.1) is 13.2 Å². The molecule has 5 nitrogen and oxygen atoms in total. The normalized spacial score (nSPS) is 11.2. The summed E-state index contributed by atoms with van der Waals surface area (Å²) < 4.78 is 69.6. The van der Waals surface area contributed by atoms with Gasteiger partial charge in [0.15, 0.2) is 5.75 Å². The van der Waals surface area contributed by atoms with Crippen LogP contribution in [0.5, 0.6) is 11.5 Å². The summed E-state index contributed by atoms with van der Waals surface area (Å²) in [5.74, 6) is -0.570. The van der Waals surface area contributed by atoms with E-state index in [1.54, 1.807) is 0 Å². The van der Waals surface area contributed by atoms with Gasteiger partial charge in [0.25, 0.3) is 0 Å². The fourth-order valence-electron chi connectivity index (χ4n) is 2.12. The van der Waals surface area contributed by atoms with Crippen molar-refractivity contribution in [2.24, 2.45) is 0 Å². The number of urea groups is 1. The Hall–Kier alpha value is -3.04. The summed E-state index contributed by atoms with van der Waals surface area (Å²) >= 11 is 0. The largest absolute Gasteiger partial charge is 0.573 e. The Morgan fingerprint density at radius 2 is 1.74 bits per heavy atom. The molecule has 0 heterocycles. The zero-order valence-corrected chi connectivity index (χ0v) is 14.0. The van der Waals surface area contributed by atoms with Crippen molar-refractivity contribution >= 4 is 11.7 Å². The molecule has 2 amide bonds. The second-order valence-corrected chi connectivity index (χ2v) is 5.35. The first-order chi connectivity index (χ1) is 12.6. The zero-order chi connectivity index (χ0) is 20.0. The maximum Gasteiger partial charge on any atom is 0.573 e. The topological polar surface area (TPSA) is 50.8 Å². The standard InChI is InChI=1S/C17H15F5N2O3/c1-24(10-11-6-8-12(9-7-11)26-15(18)19)16(25)23-13-4-2-3-5-14(13)27-17(20,21)22/h2-9,15H,10H2,1H3,(H,23,25). The van der Waals surface area contributed by atoms with Gasteiger partial charge in [0.2, 0.25) is 0 Å². The van der Waals surface area contributed by atoms with Crippen LogP contribution in [0.2, 0.25) is 0 Å². The van der Waals surface area contributed by atoms with Crippen LogP contribution in [0.3, 0.4) is 0 Å². The quantitative estimate of drug-likeness (QED) is 0.718. The van der Waals surface area contributed by atoms with Gasteiger partial charge >= 0.3 is 19.0 Å². The van der Waals surface area contributed by atoms with Gasteiger partial charge in [-0.3, -0.25) is 0 Å². The summed E-state index contributed by atoms with van der Waals surface area (Å²) in [5.41, 5.74) is 0.460. The summed E-state index contributed by atoms with van der Waals surface area (Å²) in [7, 11) is 1.42. The number of para-hydroxylation sites is 2. The molecule has 0 saturated carbocycles.